The molecule has 0 atom stereocenters. The summed E-state index contributed by atoms with van der Waals surface area (Å²) < 4.78 is 3.30. The molecule has 2 N–H and O–H groups in total. The maximum Gasteiger partial charge on any atom is 0.331 e. The topological polar surface area (TPSA) is 76.5 Å². The minimum atomic E-state index is -0.198. The van der Waals surface area contributed by atoms with Crippen molar-refractivity contribution in [1.29, 1.82) is 0 Å². The molecular formula is C21H31N5O2. The van der Waals surface area contributed by atoms with E-state index in [1.165, 1.54) is 23.8 Å². The fraction of sp³-hybridized carbons (Fsp3) is 0.619. The molecule has 28 heavy (non-hydrogen) atoms. The van der Waals surface area contributed by atoms with Crippen LogP contribution in [0.25, 0.3) is 10.9 Å². The molecular weight excluding hydrogens is 354 g/mol. The molecule has 7 heteroatoms. The highest BCUT2D eigenvalue weighted by Crippen LogP contribution is 2.21. The zero-order valence-corrected chi connectivity index (χ0v) is 16.8. The summed E-state index contributed by atoms with van der Waals surface area (Å²) in [6.45, 7) is 5.43. The van der Waals surface area contributed by atoms with Gasteiger partial charge in [0.1, 0.15) is 0 Å². The van der Waals surface area contributed by atoms with Crippen LogP contribution in [-0.2, 0) is 6.54 Å². The Hall–Kier alpha value is -2.12. The molecule has 3 heterocycles. The first-order valence-electron chi connectivity index (χ1n) is 10.5. The first-order chi connectivity index (χ1) is 13.5. The average molecular weight is 386 g/mol. The van der Waals surface area contributed by atoms with E-state index in [2.05, 4.69) is 16.8 Å². The highest BCUT2D eigenvalue weighted by molar-refractivity contribution is 5.81. The summed E-state index contributed by atoms with van der Waals surface area (Å²) >= 11 is 0. The normalized spacial score (nSPS) is 20.0. The van der Waals surface area contributed by atoms with E-state index < -0.39 is 0 Å². The second kappa shape index (κ2) is 8.09. The van der Waals surface area contributed by atoms with Gasteiger partial charge in [0.2, 0.25) is 0 Å². The van der Waals surface area contributed by atoms with Crippen molar-refractivity contribution in [1.82, 2.24) is 18.9 Å². The monoisotopic (exact) mass is 385 g/mol. The van der Waals surface area contributed by atoms with Crippen LogP contribution in [0.3, 0.4) is 0 Å². The average Bonchev–Trinajstić information content (AvgIpc) is 2.70. The van der Waals surface area contributed by atoms with Crippen LogP contribution in [0.15, 0.2) is 27.8 Å². The molecule has 152 valence electrons. The summed E-state index contributed by atoms with van der Waals surface area (Å²) in [5.41, 5.74) is 6.85. The molecule has 0 unspecified atom stereocenters. The molecule has 2 aromatic rings. The van der Waals surface area contributed by atoms with E-state index in [0.717, 1.165) is 45.6 Å². The number of anilines is 1. The Morgan fingerprint density at radius 3 is 2.43 bits per heavy atom. The molecule has 1 aromatic heterocycles. The minimum Gasteiger partial charge on any atom is -0.399 e. The molecule has 0 spiro atoms. The van der Waals surface area contributed by atoms with Crippen LogP contribution >= 0.6 is 0 Å². The number of likely N-dealkylation sites (tertiary alicyclic amines) is 2. The Morgan fingerprint density at radius 2 is 1.71 bits per heavy atom. The van der Waals surface area contributed by atoms with E-state index in [9.17, 15) is 9.59 Å². The molecule has 2 fully saturated rings. The van der Waals surface area contributed by atoms with E-state index in [1.807, 2.05) is 6.07 Å². The van der Waals surface area contributed by atoms with Gasteiger partial charge in [0, 0.05) is 24.8 Å². The summed E-state index contributed by atoms with van der Waals surface area (Å²) in [5, 5.41) is 0.553. The lowest BCUT2D eigenvalue weighted by molar-refractivity contribution is 0.208. The Kier molecular flexibility index (Phi) is 5.55. The van der Waals surface area contributed by atoms with E-state index in [4.69, 9.17) is 5.73 Å². The van der Waals surface area contributed by atoms with Gasteiger partial charge in [0.25, 0.3) is 5.56 Å². The zero-order valence-electron chi connectivity index (χ0n) is 16.8. The van der Waals surface area contributed by atoms with Crippen molar-refractivity contribution < 1.29 is 0 Å². The molecule has 2 aliphatic rings. The largest absolute Gasteiger partial charge is 0.399 e. The van der Waals surface area contributed by atoms with Crippen LogP contribution in [0.1, 0.15) is 38.1 Å². The highest BCUT2D eigenvalue weighted by Gasteiger charge is 2.24. The van der Waals surface area contributed by atoms with Crippen LogP contribution in [0, 0.1) is 0 Å². The SMILES string of the molecule is CN1CCC(n2c(=O)c3cc(N)ccc3n(CCN3CCCCC3)c2=O)CC1. The first-order valence-corrected chi connectivity index (χ1v) is 10.5. The number of fused-ring (bicyclic) bond motifs is 1. The number of rotatable bonds is 4. The number of aromatic nitrogens is 2. The molecule has 4 rings (SSSR count). The van der Waals surface area contributed by atoms with Crippen LogP contribution < -0.4 is 17.0 Å². The highest BCUT2D eigenvalue weighted by atomic mass is 16.2. The molecule has 1 aromatic carbocycles. The van der Waals surface area contributed by atoms with E-state index >= 15 is 0 Å². The van der Waals surface area contributed by atoms with Gasteiger partial charge >= 0.3 is 5.69 Å². The quantitative estimate of drug-likeness (QED) is 0.807. The van der Waals surface area contributed by atoms with Gasteiger partial charge in [-0.2, -0.15) is 0 Å². The minimum absolute atomic E-state index is 0.0386. The summed E-state index contributed by atoms with van der Waals surface area (Å²) in [6.07, 6.45) is 5.39. The third-order valence-corrected chi connectivity index (χ3v) is 6.34. The summed E-state index contributed by atoms with van der Waals surface area (Å²) in [6, 6.07) is 5.28. The summed E-state index contributed by atoms with van der Waals surface area (Å²) in [7, 11) is 2.08. The van der Waals surface area contributed by atoms with Gasteiger partial charge in [0.05, 0.1) is 10.9 Å². The molecule has 2 saturated heterocycles. The predicted molar refractivity (Wildman–Crippen MR) is 113 cm³/mol. The Bertz CT molecular complexity index is 950. The van der Waals surface area contributed by atoms with Gasteiger partial charge < -0.3 is 15.5 Å². The third-order valence-electron chi connectivity index (χ3n) is 6.34. The molecule has 2 aliphatic heterocycles. The fourth-order valence-electron chi connectivity index (χ4n) is 4.63. The lowest BCUT2D eigenvalue weighted by Gasteiger charge is -2.31. The van der Waals surface area contributed by atoms with Gasteiger partial charge in [-0.25, -0.2) is 4.79 Å². The standard InChI is InChI=1S/C21H31N5O2/c1-23-11-7-17(8-12-23)26-20(27)18-15-16(22)5-6-19(18)25(21(26)28)14-13-24-9-3-2-4-10-24/h5-6,15,17H,2-4,7-14,22H2,1H3. The van der Waals surface area contributed by atoms with Crippen molar-refractivity contribution in [2.24, 2.45) is 0 Å². The van der Waals surface area contributed by atoms with E-state index in [1.54, 1.807) is 16.7 Å². The van der Waals surface area contributed by atoms with Crippen LogP contribution in [0.4, 0.5) is 5.69 Å². The van der Waals surface area contributed by atoms with E-state index in [0.29, 0.717) is 23.1 Å². The van der Waals surface area contributed by atoms with Gasteiger partial charge in [-0.3, -0.25) is 13.9 Å². The van der Waals surface area contributed by atoms with Crippen molar-refractivity contribution in [3.05, 3.63) is 39.0 Å². The predicted octanol–water partition coefficient (Wildman–Crippen LogP) is 1.50. The van der Waals surface area contributed by atoms with E-state index in [-0.39, 0.29) is 17.3 Å². The summed E-state index contributed by atoms with van der Waals surface area (Å²) in [5.74, 6) is 0. The first kappa shape index (κ1) is 19.2. The number of nitrogens with zero attached hydrogens (tertiary/aromatic N) is 4. The molecule has 7 nitrogen and oxygen atoms in total. The number of nitrogen functional groups attached to an aromatic ring is 1. The number of piperidine rings is 2. The third kappa shape index (κ3) is 3.73. The number of benzene rings is 1. The Labute approximate surface area is 165 Å². The van der Waals surface area contributed by atoms with Crippen LogP contribution in [-0.4, -0.2) is 58.7 Å². The lowest BCUT2D eigenvalue weighted by atomic mass is 10.0. The van der Waals surface area contributed by atoms with Gasteiger partial charge in [-0.05, 0) is 77.1 Å². The number of hydrogen-bond acceptors (Lipinski definition) is 5. The number of hydrogen-bond donors (Lipinski definition) is 1. The lowest BCUT2D eigenvalue weighted by Crippen LogP contribution is -2.46. The van der Waals surface area contributed by atoms with Crippen molar-refractivity contribution >= 4 is 16.6 Å². The molecule has 0 bridgehead atoms. The van der Waals surface area contributed by atoms with Crippen molar-refractivity contribution in [2.45, 2.75) is 44.7 Å². The van der Waals surface area contributed by atoms with Crippen LogP contribution in [0.5, 0.6) is 0 Å². The van der Waals surface area contributed by atoms with Gasteiger partial charge in [0.15, 0.2) is 0 Å². The van der Waals surface area contributed by atoms with Crippen LogP contribution in [0.2, 0.25) is 0 Å². The second-order valence-electron chi connectivity index (χ2n) is 8.32. The molecule has 0 amide bonds. The molecule has 0 aliphatic carbocycles. The maximum absolute atomic E-state index is 13.4. The Balaban J connectivity index is 1.76. The summed E-state index contributed by atoms with van der Waals surface area (Å²) in [4.78, 5) is 31.3. The zero-order chi connectivity index (χ0) is 19.7. The molecule has 0 saturated carbocycles. The van der Waals surface area contributed by atoms with Gasteiger partial charge in [-0.15, -0.1) is 0 Å². The smallest absolute Gasteiger partial charge is 0.331 e. The van der Waals surface area contributed by atoms with Crippen molar-refractivity contribution in [2.75, 3.05) is 45.5 Å². The van der Waals surface area contributed by atoms with Crippen molar-refractivity contribution in [3.63, 3.8) is 0 Å². The second-order valence-corrected chi connectivity index (χ2v) is 8.32. The molecule has 0 radical (unpaired) electrons. The fourth-order valence-corrected chi connectivity index (χ4v) is 4.63. The van der Waals surface area contributed by atoms with Gasteiger partial charge in [-0.1, -0.05) is 6.42 Å². The Morgan fingerprint density at radius 1 is 1.00 bits per heavy atom. The maximum atomic E-state index is 13.4. The van der Waals surface area contributed by atoms with Crippen molar-refractivity contribution in [3.8, 4) is 0 Å². The number of nitrogens with two attached hydrogens (primary N) is 1.